The van der Waals surface area contributed by atoms with E-state index in [1.54, 1.807) is 12.1 Å². The number of urea groups is 1. The Morgan fingerprint density at radius 1 is 1.24 bits per heavy atom. The minimum atomic E-state index is -0.650. The van der Waals surface area contributed by atoms with Gasteiger partial charge in [-0.25, -0.2) is 9.78 Å². The van der Waals surface area contributed by atoms with Crippen LogP contribution < -0.4 is 10.6 Å². The van der Waals surface area contributed by atoms with Crippen LogP contribution in [-0.2, 0) is 6.42 Å². The van der Waals surface area contributed by atoms with E-state index in [4.69, 9.17) is 11.6 Å². The van der Waals surface area contributed by atoms with Crippen molar-refractivity contribution in [3.05, 3.63) is 59.4 Å². The summed E-state index contributed by atoms with van der Waals surface area (Å²) >= 11 is 5.84. The van der Waals surface area contributed by atoms with Crippen molar-refractivity contribution in [2.45, 2.75) is 12.5 Å². The van der Waals surface area contributed by atoms with E-state index in [1.165, 1.54) is 6.20 Å². The molecule has 0 radical (unpaired) electrons. The van der Waals surface area contributed by atoms with Crippen molar-refractivity contribution in [3.8, 4) is 0 Å². The topological polar surface area (TPSA) is 74.2 Å². The second kappa shape index (κ2) is 7.61. The van der Waals surface area contributed by atoms with Gasteiger partial charge in [-0.2, -0.15) is 0 Å². The second-order valence-corrected chi connectivity index (χ2v) is 4.88. The summed E-state index contributed by atoms with van der Waals surface area (Å²) in [6.45, 7) is 0.151. The minimum absolute atomic E-state index is 0.151. The van der Waals surface area contributed by atoms with Gasteiger partial charge in [0.2, 0.25) is 0 Å². The summed E-state index contributed by atoms with van der Waals surface area (Å²) in [6, 6.07) is 12.5. The van der Waals surface area contributed by atoms with Gasteiger partial charge in [0.1, 0.15) is 0 Å². The zero-order chi connectivity index (χ0) is 15.1. The van der Waals surface area contributed by atoms with Crippen LogP contribution in [0.15, 0.2) is 48.7 Å². The van der Waals surface area contributed by atoms with Gasteiger partial charge in [-0.1, -0.05) is 41.9 Å². The number of nitrogens with one attached hydrogen (secondary N) is 2. The fourth-order valence-electron chi connectivity index (χ4n) is 1.81. The zero-order valence-corrected chi connectivity index (χ0v) is 12.0. The molecule has 1 aromatic carbocycles. The SMILES string of the molecule is O=C(NCC(O)Cc1ccccc1)Nc1cccnc1Cl. The maximum atomic E-state index is 11.7. The smallest absolute Gasteiger partial charge is 0.319 e. The molecule has 1 unspecified atom stereocenters. The number of hydrogen-bond acceptors (Lipinski definition) is 3. The van der Waals surface area contributed by atoms with E-state index in [1.807, 2.05) is 30.3 Å². The maximum Gasteiger partial charge on any atom is 0.319 e. The lowest BCUT2D eigenvalue weighted by atomic mass is 10.1. The molecule has 1 atom stereocenters. The number of nitrogens with zero attached hydrogens (tertiary/aromatic N) is 1. The van der Waals surface area contributed by atoms with Crippen LogP contribution in [0.3, 0.4) is 0 Å². The van der Waals surface area contributed by atoms with Gasteiger partial charge < -0.3 is 15.7 Å². The molecule has 2 rings (SSSR count). The summed E-state index contributed by atoms with van der Waals surface area (Å²) in [4.78, 5) is 15.6. The molecule has 0 spiro atoms. The number of halogens is 1. The number of pyridine rings is 1. The van der Waals surface area contributed by atoms with E-state index < -0.39 is 12.1 Å². The lowest BCUT2D eigenvalue weighted by molar-refractivity contribution is 0.172. The molecule has 0 aliphatic heterocycles. The Hall–Kier alpha value is -2.11. The Kier molecular flexibility index (Phi) is 5.54. The van der Waals surface area contributed by atoms with Crippen molar-refractivity contribution < 1.29 is 9.90 Å². The minimum Gasteiger partial charge on any atom is -0.391 e. The van der Waals surface area contributed by atoms with Crippen molar-refractivity contribution >= 4 is 23.3 Å². The Morgan fingerprint density at radius 2 is 2.00 bits per heavy atom. The molecule has 3 N–H and O–H groups in total. The van der Waals surface area contributed by atoms with Crippen molar-refractivity contribution in [2.24, 2.45) is 0 Å². The molecule has 0 bridgehead atoms. The van der Waals surface area contributed by atoms with Gasteiger partial charge in [-0.15, -0.1) is 0 Å². The zero-order valence-electron chi connectivity index (χ0n) is 11.3. The fourth-order valence-corrected chi connectivity index (χ4v) is 1.98. The average molecular weight is 306 g/mol. The number of hydrogen-bond donors (Lipinski definition) is 3. The summed E-state index contributed by atoms with van der Waals surface area (Å²) < 4.78 is 0. The largest absolute Gasteiger partial charge is 0.391 e. The molecule has 6 heteroatoms. The van der Waals surface area contributed by atoms with Crippen molar-refractivity contribution in [3.63, 3.8) is 0 Å². The van der Waals surface area contributed by atoms with Crippen LogP contribution in [0.5, 0.6) is 0 Å². The monoisotopic (exact) mass is 305 g/mol. The molecule has 1 aromatic heterocycles. The Morgan fingerprint density at radius 3 is 2.71 bits per heavy atom. The number of anilines is 1. The van der Waals surface area contributed by atoms with E-state index >= 15 is 0 Å². The molecule has 0 fully saturated rings. The molecule has 110 valence electrons. The molecule has 0 saturated heterocycles. The van der Waals surface area contributed by atoms with Gasteiger partial charge in [0.05, 0.1) is 11.8 Å². The first kappa shape index (κ1) is 15.3. The van der Waals surface area contributed by atoms with Crippen LogP contribution in [0.4, 0.5) is 10.5 Å². The molecule has 5 nitrogen and oxygen atoms in total. The predicted octanol–water partition coefficient (Wildman–Crippen LogP) is 2.46. The van der Waals surface area contributed by atoms with E-state index in [0.29, 0.717) is 12.1 Å². The van der Waals surface area contributed by atoms with Crippen LogP contribution in [0.25, 0.3) is 0 Å². The van der Waals surface area contributed by atoms with E-state index in [2.05, 4.69) is 15.6 Å². The van der Waals surface area contributed by atoms with Gasteiger partial charge in [-0.3, -0.25) is 0 Å². The summed E-state index contributed by atoms with van der Waals surface area (Å²) in [6.07, 6.45) is 1.37. The summed E-state index contributed by atoms with van der Waals surface area (Å²) in [5, 5.41) is 15.3. The third kappa shape index (κ3) is 5.06. The fraction of sp³-hybridized carbons (Fsp3) is 0.200. The number of aliphatic hydroxyl groups excluding tert-OH is 1. The van der Waals surface area contributed by atoms with Gasteiger partial charge in [0, 0.05) is 19.2 Å². The van der Waals surface area contributed by atoms with Gasteiger partial charge in [0.15, 0.2) is 5.15 Å². The van der Waals surface area contributed by atoms with Crippen LogP contribution in [-0.4, -0.2) is 28.8 Å². The molecular formula is C15H16ClN3O2. The first-order valence-electron chi connectivity index (χ1n) is 6.52. The first-order valence-corrected chi connectivity index (χ1v) is 6.90. The van der Waals surface area contributed by atoms with Gasteiger partial charge in [0.25, 0.3) is 0 Å². The quantitative estimate of drug-likeness (QED) is 0.743. The molecule has 0 aliphatic carbocycles. The standard InChI is InChI=1S/C15H16ClN3O2/c16-14-13(7-4-8-17-14)19-15(21)18-10-12(20)9-11-5-2-1-3-6-11/h1-8,12,20H,9-10H2,(H2,18,19,21). The normalized spacial score (nSPS) is 11.7. The second-order valence-electron chi connectivity index (χ2n) is 4.52. The van der Waals surface area contributed by atoms with E-state index in [0.717, 1.165) is 5.56 Å². The summed E-state index contributed by atoms with van der Waals surface area (Å²) in [5.41, 5.74) is 1.44. The van der Waals surface area contributed by atoms with Crippen molar-refractivity contribution in [1.29, 1.82) is 0 Å². The lowest BCUT2D eigenvalue weighted by Gasteiger charge is -2.13. The van der Waals surface area contributed by atoms with Crippen LogP contribution in [0.1, 0.15) is 5.56 Å². The first-order chi connectivity index (χ1) is 10.1. The number of amides is 2. The van der Waals surface area contributed by atoms with Gasteiger partial charge >= 0.3 is 6.03 Å². The number of aromatic nitrogens is 1. The van der Waals surface area contributed by atoms with Gasteiger partial charge in [-0.05, 0) is 17.7 Å². The molecular weight excluding hydrogens is 290 g/mol. The molecule has 1 heterocycles. The van der Waals surface area contributed by atoms with E-state index in [-0.39, 0.29) is 11.7 Å². The Bertz CT molecular complexity index is 592. The number of benzene rings is 1. The van der Waals surface area contributed by atoms with Crippen LogP contribution in [0.2, 0.25) is 5.15 Å². The van der Waals surface area contributed by atoms with Crippen LogP contribution >= 0.6 is 11.6 Å². The highest BCUT2D eigenvalue weighted by Crippen LogP contribution is 2.16. The highest BCUT2D eigenvalue weighted by molar-refractivity contribution is 6.32. The third-order valence-electron chi connectivity index (χ3n) is 2.82. The summed E-state index contributed by atoms with van der Waals surface area (Å²) in [7, 11) is 0. The van der Waals surface area contributed by atoms with Crippen molar-refractivity contribution in [1.82, 2.24) is 10.3 Å². The highest BCUT2D eigenvalue weighted by Gasteiger charge is 2.09. The highest BCUT2D eigenvalue weighted by atomic mass is 35.5. The average Bonchev–Trinajstić information content (AvgIpc) is 2.49. The molecule has 21 heavy (non-hydrogen) atoms. The maximum absolute atomic E-state index is 11.7. The Balaban J connectivity index is 1.77. The number of rotatable bonds is 5. The van der Waals surface area contributed by atoms with Crippen molar-refractivity contribution in [2.75, 3.05) is 11.9 Å². The summed E-state index contributed by atoms with van der Waals surface area (Å²) in [5.74, 6) is 0. The number of carbonyl (C=O) groups excluding carboxylic acids is 1. The number of carbonyl (C=O) groups is 1. The van der Waals surface area contributed by atoms with Crippen LogP contribution in [0, 0.1) is 0 Å². The molecule has 2 amide bonds. The molecule has 2 aromatic rings. The van der Waals surface area contributed by atoms with E-state index in [9.17, 15) is 9.90 Å². The third-order valence-corrected chi connectivity index (χ3v) is 3.12. The molecule has 0 saturated carbocycles. The Labute approximate surface area is 128 Å². The molecule has 0 aliphatic rings. The number of aliphatic hydroxyl groups is 1. The predicted molar refractivity (Wildman–Crippen MR) is 82.4 cm³/mol. The lowest BCUT2D eigenvalue weighted by Crippen LogP contribution is -2.36.